The number of fused-ring (bicyclic) bond motifs is 1. The second-order valence-electron chi connectivity index (χ2n) is 6.23. The third-order valence-corrected chi connectivity index (χ3v) is 4.50. The Hall–Kier alpha value is -4.18. The van der Waals surface area contributed by atoms with Gasteiger partial charge in [0, 0.05) is 35.8 Å². The molecule has 0 aliphatic carbocycles. The van der Waals surface area contributed by atoms with E-state index in [0.717, 1.165) is 22.2 Å². The second-order valence-corrected chi connectivity index (χ2v) is 6.23. The fourth-order valence-electron chi connectivity index (χ4n) is 3.12. The van der Waals surface area contributed by atoms with Crippen LogP contribution in [0.5, 0.6) is 0 Å². The van der Waals surface area contributed by atoms with Crippen LogP contribution in [0.25, 0.3) is 22.2 Å². The Morgan fingerprint density at radius 1 is 1.04 bits per heavy atom. The molecule has 0 unspecified atom stereocenters. The van der Waals surface area contributed by atoms with E-state index >= 15 is 0 Å². The second kappa shape index (κ2) is 6.85. The van der Waals surface area contributed by atoms with Gasteiger partial charge >= 0.3 is 5.63 Å². The highest BCUT2D eigenvalue weighted by Gasteiger charge is 2.12. The fraction of sp³-hybridized carbons (Fsp3) is 0.0476. The molecule has 0 aliphatic rings. The van der Waals surface area contributed by atoms with Crippen LogP contribution in [-0.2, 0) is 6.54 Å². The molecule has 0 spiro atoms. The predicted octanol–water partition coefficient (Wildman–Crippen LogP) is 4.09. The largest absolute Gasteiger partial charge is 0.423 e. The number of nitro groups is 1. The molecule has 4 aromatic rings. The van der Waals surface area contributed by atoms with Crippen molar-refractivity contribution in [2.24, 2.45) is 0 Å². The SMILES string of the molecule is N#Cc1ccc(-c2ccc3oc(=O)ccc3c2)n1Cc1ccc([N+](=O)[O-])cc1. The first-order chi connectivity index (χ1) is 13.5. The van der Waals surface area contributed by atoms with E-state index in [2.05, 4.69) is 6.07 Å². The van der Waals surface area contributed by atoms with Gasteiger partial charge in [0.25, 0.3) is 5.69 Å². The lowest BCUT2D eigenvalue weighted by Gasteiger charge is -2.11. The molecule has 4 rings (SSSR count). The Kier molecular flexibility index (Phi) is 4.22. The van der Waals surface area contributed by atoms with Crippen LogP contribution >= 0.6 is 0 Å². The number of rotatable bonds is 4. The van der Waals surface area contributed by atoms with Crippen molar-refractivity contribution < 1.29 is 9.34 Å². The number of aromatic nitrogens is 1. The quantitative estimate of drug-likeness (QED) is 0.305. The normalized spacial score (nSPS) is 10.7. The summed E-state index contributed by atoms with van der Waals surface area (Å²) in [5.74, 6) is 0. The highest BCUT2D eigenvalue weighted by molar-refractivity contribution is 5.82. The molecule has 0 N–H and O–H groups in total. The van der Waals surface area contributed by atoms with Crippen LogP contribution in [0.3, 0.4) is 0 Å². The van der Waals surface area contributed by atoms with Gasteiger partial charge in [0.2, 0.25) is 0 Å². The van der Waals surface area contributed by atoms with Crippen molar-refractivity contribution in [3.8, 4) is 17.3 Å². The summed E-state index contributed by atoms with van der Waals surface area (Å²) in [6, 6.07) is 20.5. The van der Waals surface area contributed by atoms with Crippen molar-refractivity contribution in [3.63, 3.8) is 0 Å². The van der Waals surface area contributed by atoms with Gasteiger partial charge in [-0.25, -0.2) is 4.79 Å². The summed E-state index contributed by atoms with van der Waals surface area (Å²) in [5.41, 5.74) is 3.11. The third-order valence-electron chi connectivity index (χ3n) is 4.50. The smallest absolute Gasteiger partial charge is 0.336 e. The average molecular weight is 371 g/mol. The Labute approximate surface area is 158 Å². The number of nitro benzene ring substituents is 1. The molecular weight excluding hydrogens is 358 g/mol. The minimum absolute atomic E-state index is 0.0213. The molecule has 7 nitrogen and oxygen atoms in total. The Morgan fingerprint density at radius 3 is 2.54 bits per heavy atom. The molecule has 0 aliphatic heterocycles. The van der Waals surface area contributed by atoms with E-state index in [-0.39, 0.29) is 5.69 Å². The van der Waals surface area contributed by atoms with E-state index in [1.54, 1.807) is 30.3 Å². The van der Waals surface area contributed by atoms with Crippen molar-refractivity contribution in [2.45, 2.75) is 6.54 Å². The zero-order valence-corrected chi connectivity index (χ0v) is 14.5. The Morgan fingerprint density at radius 2 is 1.82 bits per heavy atom. The van der Waals surface area contributed by atoms with Gasteiger partial charge in [-0.3, -0.25) is 10.1 Å². The lowest BCUT2D eigenvalue weighted by atomic mass is 10.1. The van der Waals surface area contributed by atoms with Crippen LogP contribution < -0.4 is 5.63 Å². The topological polar surface area (TPSA) is 102 Å². The van der Waals surface area contributed by atoms with Crippen LogP contribution in [0.4, 0.5) is 5.69 Å². The summed E-state index contributed by atoms with van der Waals surface area (Å²) in [4.78, 5) is 21.7. The first-order valence-corrected chi connectivity index (χ1v) is 8.42. The zero-order valence-electron chi connectivity index (χ0n) is 14.5. The maximum absolute atomic E-state index is 11.4. The number of benzene rings is 2. The predicted molar refractivity (Wildman–Crippen MR) is 103 cm³/mol. The molecular formula is C21H13N3O4. The van der Waals surface area contributed by atoms with Crippen molar-refractivity contribution in [1.82, 2.24) is 4.57 Å². The van der Waals surface area contributed by atoms with Gasteiger partial charge in [0.15, 0.2) is 0 Å². The van der Waals surface area contributed by atoms with Gasteiger partial charge in [-0.1, -0.05) is 12.1 Å². The van der Waals surface area contributed by atoms with E-state index in [9.17, 15) is 20.2 Å². The van der Waals surface area contributed by atoms with Gasteiger partial charge in [0.1, 0.15) is 17.3 Å². The number of nitrogens with zero attached hydrogens (tertiary/aromatic N) is 3. The van der Waals surface area contributed by atoms with E-state index < -0.39 is 10.5 Å². The van der Waals surface area contributed by atoms with Gasteiger partial charge in [-0.05, 0) is 47.5 Å². The Bertz CT molecular complexity index is 1290. The molecule has 7 heteroatoms. The molecule has 0 fully saturated rings. The van der Waals surface area contributed by atoms with Crippen molar-refractivity contribution >= 4 is 16.7 Å². The summed E-state index contributed by atoms with van der Waals surface area (Å²) in [7, 11) is 0. The highest BCUT2D eigenvalue weighted by Crippen LogP contribution is 2.27. The van der Waals surface area contributed by atoms with E-state index in [0.29, 0.717) is 17.8 Å². The van der Waals surface area contributed by atoms with Crippen LogP contribution in [0.15, 0.2) is 75.9 Å². The summed E-state index contributed by atoms with van der Waals surface area (Å²) in [5, 5.41) is 21.1. The number of hydrogen-bond donors (Lipinski definition) is 0. The van der Waals surface area contributed by atoms with E-state index in [1.807, 2.05) is 22.8 Å². The molecule has 0 radical (unpaired) electrons. The zero-order chi connectivity index (χ0) is 19.7. The first-order valence-electron chi connectivity index (χ1n) is 8.42. The van der Waals surface area contributed by atoms with Gasteiger partial charge in [0.05, 0.1) is 4.92 Å². The number of nitriles is 1. The summed E-state index contributed by atoms with van der Waals surface area (Å²) < 4.78 is 7.01. The molecule has 0 bridgehead atoms. The number of non-ortho nitro benzene ring substituents is 1. The summed E-state index contributed by atoms with van der Waals surface area (Å²) in [6.07, 6.45) is 0. The maximum atomic E-state index is 11.4. The molecule has 2 heterocycles. The molecule has 0 saturated carbocycles. The fourth-order valence-corrected chi connectivity index (χ4v) is 3.12. The number of hydrogen-bond acceptors (Lipinski definition) is 5. The third kappa shape index (κ3) is 3.15. The van der Waals surface area contributed by atoms with E-state index in [4.69, 9.17) is 4.42 Å². The molecule has 2 aromatic carbocycles. The molecule has 0 amide bonds. The average Bonchev–Trinajstić information content (AvgIpc) is 3.10. The molecule has 0 atom stereocenters. The first kappa shape index (κ1) is 17.2. The standard InChI is InChI=1S/C21H13N3O4/c22-12-18-7-8-19(15-3-9-20-16(11-15)4-10-21(25)28-20)23(18)13-14-1-5-17(6-2-14)24(26)27/h1-11H,13H2. The minimum Gasteiger partial charge on any atom is -0.423 e. The van der Waals surface area contributed by atoms with Crippen LogP contribution in [0.2, 0.25) is 0 Å². The minimum atomic E-state index is -0.445. The highest BCUT2D eigenvalue weighted by atomic mass is 16.6. The molecule has 2 aromatic heterocycles. The molecule has 28 heavy (non-hydrogen) atoms. The molecule has 136 valence electrons. The van der Waals surface area contributed by atoms with Crippen LogP contribution in [0, 0.1) is 21.4 Å². The van der Waals surface area contributed by atoms with Crippen LogP contribution in [-0.4, -0.2) is 9.49 Å². The Balaban J connectivity index is 1.76. The van der Waals surface area contributed by atoms with Gasteiger partial charge in [-0.2, -0.15) is 5.26 Å². The van der Waals surface area contributed by atoms with Gasteiger partial charge in [-0.15, -0.1) is 0 Å². The summed E-state index contributed by atoms with van der Waals surface area (Å²) in [6.45, 7) is 0.394. The maximum Gasteiger partial charge on any atom is 0.336 e. The lowest BCUT2D eigenvalue weighted by molar-refractivity contribution is -0.384. The van der Waals surface area contributed by atoms with Crippen molar-refractivity contribution in [2.75, 3.05) is 0 Å². The van der Waals surface area contributed by atoms with Crippen LogP contribution in [0.1, 0.15) is 11.3 Å². The van der Waals surface area contributed by atoms with Crippen molar-refractivity contribution in [1.29, 1.82) is 5.26 Å². The molecule has 0 saturated heterocycles. The van der Waals surface area contributed by atoms with Crippen molar-refractivity contribution in [3.05, 3.63) is 98.5 Å². The van der Waals surface area contributed by atoms with E-state index in [1.165, 1.54) is 18.2 Å². The summed E-state index contributed by atoms with van der Waals surface area (Å²) >= 11 is 0. The van der Waals surface area contributed by atoms with Gasteiger partial charge < -0.3 is 8.98 Å². The monoisotopic (exact) mass is 371 g/mol. The lowest BCUT2D eigenvalue weighted by Crippen LogP contribution is -2.04.